The van der Waals surface area contributed by atoms with Gasteiger partial charge in [0.15, 0.2) is 5.75 Å². The number of aliphatic hydroxyl groups is 3. The molecule has 2 aliphatic heterocycles. The summed E-state index contributed by atoms with van der Waals surface area (Å²) in [6.07, 6.45) is -1.29. The molecule has 1 aromatic carbocycles. The largest absolute Gasteiger partial charge is 0.458 e. The number of hydrogen-bond donors (Lipinski definition) is 4. The number of nitrogens with one attached hydrogen (secondary N) is 1. The standard InChI is InChI=1S/C42H64N6O13/c1-25(2)29-20-36(52)47(39(29)54)16-11-9-10-12-35(51)43-41(5,6)24-58-42(7,8)15-17-46-22-28(44-45-46)19-33(61-40(55)26(3)4)27-13-14-32(30(18-27)48(56)57)59-37-21-31(50)38(53)34(23-49)60-37/h13-14,18,22,25-26,29,31,33-34,37-38,49-50,53H,9-12,15-17,19-21,23-24H2,1-8H3,(H,43,51). The summed E-state index contributed by atoms with van der Waals surface area (Å²) in [6.45, 7) is 15.3. The van der Waals surface area contributed by atoms with Crippen LogP contribution in [-0.2, 0) is 46.4 Å². The molecule has 2 saturated heterocycles. The molecule has 1 aromatic heterocycles. The molecule has 61 heavy (non-hydrogen) atoms. The van der Waals surface area contributed by atoms with E-state index >= 15 is 0 Å². The van der Waals surface area contributed by atoms with Crippen LogP contribution in [0.2, 0.25) is 0 Å². The third-order valence-corrected chi connectivity index (χ3v) is 10.8. The van der Waals surface area contributed by atoms with Crippen molar-refractivity contribution in [2.24, 2.45) is 17.8 Å². The van der Waals surface area contributed by atoms with Gasteiger partial charge in [0.05, 0.1) is 47.0 Å². The maximum atomic E-state index is 12.8. The first-order valence-electron chi connectivity index (χ1n) is 21.1. The number of aryl methyl sites for hydroxylation is 1. The van der Waals surface area contributed by atoms with Gasteiger partial charge in [-0.25, -0.2) is 0 Å². The van der Waals surface area contributed by atoms with E-state index in [2.05, 4.69) is 15.6 Å². The Labute approximate surface area is 356 Å². The molecule has 3 amide bonds. The molecule has 0 bridgehead atoms. The van der Waals surface area contributed by atoms with Gasteiger partial charge in [-0.05, 0) is 64.5 Å². The summed E-state index contributed by atoms with van der Waals surface area (Å²) in [5, 5.41) is 53.4. The zero-order valence-corrected chi connectivity index (χ0v) is 36.6. The van der Waals surface area contributed by atoms with E-state index in [0.29, 0.717) is 56.5 Å². The molecule has 19 nitrogen and oxygen atoms in total. The second-order valence-electron chi connectivity index (χ2n) is 17.9. The number of carbonyl (C=O) groups excluding carboxylic acids is 4. The Balaban J connectivity index is 1.28. The molecule has 0 radical (unpaired) electrons. The van der Waals surface area contributed by atoms with Crippen molar-refractivity contribution in [3.8, 4) is 5.75 Å². The number of nitro benzene ring substituents is 1. The highest BCUT2D eigenvalue weighted by molar-refractivity contribution is 6.03. The van der Waals surface area contributed by atoms with Crippen molar-refractivity contribution in [3.63, 3.8) is 0 Å². The summed E-state index contributed by atoms with van der Waals surface area (Å²) in [5.41, 5.74) is -0.972. The molecule has 0 spiro atoms. The number of unbranched alkanes of at least 4 members (excludes halogenated alkanes) is 2. The van der Waals surface area contributed by atoms with E-state index in [1.54, 1.807) is 24.7 Å². The van der Waals surface area contributed by atoms with Gasteiger partial charge >= 0.3 is 11.7 Å². The van der Waals surface area contributed by atoms with E-state index in [0.717, 1.165) is 0 Å². The number of ether oxygens (including phenoxy) is 4. The predicted molar refractivity (Wildman–Crippen MR) is 219 cm³/mol. The molecule has 19 heteroatoms. The molecule has 4 rings (SSSR count). The van der Waals surface area contributed by atoms with Crippen molar-refractivity contribution >= 4 is 29.4 Å². The van der Waals surface area contributed by atoms with Crippen molar-refractivity contribution in [1.29, 1.82) is 0 Å². The number of likely N-dealkylation sites (tertiary alicyclic amines) is 1. The fourth-order valence-electron chi connectivity index (χ4n) is 7.00. The minimum absolute atomic E-state index is 0.0497. The average molecular weight is 861 g/mol. The summed E-state index contributed by atoms with van der Waals surface area (Å²) in [5.74, 6) is -1.64. The van der Waals surface area contributed by atoms with Crippen LogP contribution < -0.4 is 10.1 Å². The van der Waals surface area contributed by atoms with Crippen LogP contribution in [0.15, 0.2) is 24.4 Å². The lowest BCUT2D eigenvalue weighted by Crippen LogP contribution is -2.51. The lowest BCUT2D eigenvalue weighted by atomic mass is 9.94. The Morgan fingerprint density at radius 1 is 1.08 bits per heavy atom. The molecule has 2 fully saturated rings. The van der Waals surface area contributed by atoms with Gasteiger partial charge in [0.25, 0.3) is 0 Å². The van der Waals surface area contributed by atoms with Gasteiger partial charge < -0.3 is 39.6 Å². The number of nitrogens with zero attached hydrogens (tertiary/aromatic N) is 5. The molecular formula is C42H64N6O13. The van der Waals surface area contributed by atoms with Crippen LogP contribution in [0, 0.1) is 27.9 Å². The molecule has 2 aromatic rings. The summed E-state index contributed by atoms with van der Waals surface area (Å²) in [6, 6.07) is 4.07. The highest BCUT2D eigenvalue weighted by Gasteiger charge is 2.40. The van der Waals surface area contributed by atoms with Crippen molar-refractivity contribution < 1.29 is 58.4 Å². The first-order chi connectivity index (χ1) is 28.6. The van der Waals surface area contributed by atoms with Gasteiger partial charge in [-0.3, -0.25) is 38.9 Å². The molecule has 0 saturated carbocycles. The molecular weight excluding hydrogens is 796 g/mol. The molecule has 0 aliphatic carbocycles. The van der Waals surface area contributed by atoms with Crippen LogP contribution in [-0.4, -0.2) is 119 Å². The molecule has 4 N–H and O–H groups in total. The molecule has 340 valence electrons. The fourth-order valence-corrected chi connectivity index (χ4v) is 7.00. The molecule has 6 atom stereocenters. The number of carbonyl (C=O) groups is 4. The number of aliphatic hydroxyl groups excluding tert-OH is 3. The van der Waals surface area contributed by atoms with Crippen LogP contribution >= 0.6 is 0 Å². The van der Waals surface area contributed by atoms with Crippen LogP contribution in [0.3, 0.4) is 0 Å². The van der Waals surface area contributed by atoms with Crippen LogP contribution in [0.4, 0.5) is 5.69 Å². The number of benzene rings is 1. The third-order valence-electron chi connectivity index (χ3n) is 10.8. The zero-order valence-electron chi connectivity index (χ0n) is 36.6. The normalized spacial score (nSPS) is 21.6. The predicted octanol–water partition coefficient (Wildman–Crippen LogP) is 3.55. The van der Waals surface area contributed by atoms with Crippen LogP contribution in [0.1, 0.15) is 118 Å². The summed E-state index contributed by atoms with van der Waals surface area (Å²) >= 11 is 0. The average Bonchev–Trinajstić information content (AvgIpc) is 3.76. The monoisotopic (exact) mass is 860 g/mol. The summed E-state index contributed by atoms with van der Waals surface area (Å²) < 4.78 is 24.9. The lowest BCUT2D eigenvalue weighted by molar-refractivity contribution is -0.386. The van der Waals surface area contributed by atoms with E-state index in [4.69, 9.17) is 18.9 Å². The van der Waals surface area contributed by atoms with Gasteiger partial charge in [0.2, 0.25) is 24.0 Å². The smallest absolute Gasteiger partial charge is 0.311 e. The maximum Gasteiger partial charge on any atom is 0.311 e. The Hall–Kier alpha value is -4.56. The van der Waals surface area contributed by atoms with Crippen LogP contribution in [0.25, 0.3) is 0 Å². The Bertz CT molecular complexity index is 1830. The highest BCUT2D eigenvalue weighted by atomic mass is 16.7. The Morgan fingerprint density at radius 3 is 2.44 bits per heavy atom. The minimum Gasteiger partial charge on any atom is -0.458 e. The number of aromatic nitrogens is 3. The van der Waals surface area contributed by atoms with E-state index in [9.17, 15) is 44.6 Å². The fraction of sp³-hybridized carbons (Fsp3) is 0.714. The molecule has 2 aliphatic rings. The lowest BCUT2D eigenvalue weighted by Gasteiger charge is -2.36. The van der Waals surface area contributed by atoms with Gasteiger partial charge in [-0.15, -0.1) is 5.10 Å². The second kappa shape index (κ2) is 21.5. The van der Waals surface area contributed by atoms with E-state index in [-0.39, 0.29) is 61.2 Å². The number of imide groups is 1. The second-order valence-corrected chi connectivity index (χ2v) is 17.9. The number of amides is 3. The Morgan fingerprint density at radius 2 is 1.80 bits per heavy atom. The quantitative estimate of drug-likeness (QED) is 0.0410. The maximum absolute atomic E-state index is 12.8. The minimum atomic E-state index is -1.35. The van der Waals surface area contributed by atoms with Crippen molar-refractivity contribution in [2.45, 2.75) is 155 Å². The SMILES string of the molecule is CC(C)C(=O)OC(Cc1cn(CCC(C)(C)OCC(C)(C)NC(=O)CCCCCN2C(=O)CC(C(C)C)C2=O)nn1)c1ccc(OC2CC(O)C(O)C(CO)O2)c([N+](=O)[O-])c1. The number of esters is 1. The van der Waals surface area contributed by atoms with E-state index in [1.165, 1.54) is 23.1 Å². The molecule has 3 heterocycles. The zero-order chi connectivity index (χ0) is 45.2. The third kappa shape index (κ3) is 14.2. The summed E-state index contributed by atoms with van der Waals surface area (Å²) in [7, 11) is 0. The van der Waals surface area contributed by atoms with Gasteiger partial charge in [-0.2, -0.15) is 0 Å². The van der Waals surface area contributed by atoms with Crippen molar-refractivity contribution in [3.05, 3.63) is 45.8 Å². The van der Waals surface area contributed by atoms with Crippen LogP contribution in [0.5, 0.6) is 5.75 Å². The topological polar surface area (TPSA) is 255 Å². The highest BCUT2D eigenvalue weighted by Crippen LogP contribution is 2.35. The van der Waals surface area contributed by atoms with Gasteiger partial charge in [0.1, 0.15) is 18.3 Å². The number of hydrogen-bond acceptors (Lipinski definition) is 15. The number of rotatable bonds is 23. The van der Waals surface area contributed by atoms with Crippen molar-refractivity contribution in [1.82, 2.24) is 25.2 Å². The van der Waals surface area contributed by atoms with E-state index < -0.39 is 71.0 Å². The first-order valence-corrected chi connectivity index (χ1v) is 21.1. The van der Waals surface area contributed by atoms with Gasteiger partial charge in [0, 0.05) is 57.0 Å². The van der Waals surface area contributed by atoms with Crippen molar-refractivity contribution in [2.75, 3.05) is 19.8 Å². The van der Waals surface area contributed by atoms with Gasteiger partial charge in [-0.1, -0.05) is 45.4 Å². The van der Waals surface area contributed by atoms with E-state index in [1.807, 2.05) is 41.5 Å². The summed E-state index contributed by atoms with van der Waals surface area (Å²) in [4.78, 5) is 63.2. The number of nitro groups is 1. The molecule has 6 unspecified atom stereocenters. The Kier molecular flexibility index (Phi) is 17.3. The first kappa shape index (κ1) is 49.1.